The Labute approximate surface area is 342 Å². The van der Waals surface area contributed by atoms with Crippen molar-refractivity contribution in [1.82, 2.24) is 30.1 Å². The number of amides is 3. The van der Waals surface area contributed by atoms with Gasteiger partial charge in [-0.2, -0.15) is 0 Å². The molecule has 2 aromatic heterocycles. The maximum atomic E-state index is 13.5. The molecule has 8 rings (SSSR count). The second-order valence-electron chi connectivity index (χ2n) is 15.6. The third-order valence-corrected chi connectivity index (χ3v) is 12.6. The van der Waals surface area contributed by atoms with E-state index in [2.05, 4.69) is 85.8 Å². The second-order valence-corrected chi connectivity index (χ2v) is 16.5. The number of anilines is 2. The normalized spacial score (nSPS) is 18.2. The van der Waals surface area contributed by atoms with E-state index in [-0.39, 0.29) is 35.9 Å². The van der Waals surface area contributed by atoms with E-state index in [9.17, 15) is 19.2 Å². The molecule has 4 N–H and O–H groups in total. The highest BCUT2D eigenvalue weighted by molar-refractivity contribution is 7.13. The lowest BCUT2D eigenvalue weighted by atomic mass is 9.95. The van der Waals surface area contributed by atoms with E-state index in [1.165, 1.54) is 4.57 Å². The first-order chi connectivity index (χ1) is 28.1. The molecule has 5 heterocycles. The fraction of sp³-hybridized carbons (Fsp3) is 0.378. The molecule has 3 aliphatic rings. The fourth-order valence-corrected chi connectivity index (χ4v) is 8.99. The number of rotatable bonds is 10. The Morgan fingerprint density at radius 2 is 1.81 bits per heavy atom. The number of benzene rings is 3. The fourth-order valence-electron chi connectivity index (χ4n) is 8.24. The maximum absolute atomic E-state index is 13.5. The molecule has 13 heteroatoms. The lowest BCUT2D eigenvalue weighted by Crippen LogP contribution is -2.51. The Bertz CT molecular complexity index is 2480. The average molecular weight is 799 g/mol. The number of fused-ring (bicyclic) bond motifs is 1. The summed E-state index contributed by atoms with van der Waals surface area (Å²) in [5, 5.41) is 19.1. The monoisotopic (exact) mass is 798 g/mol. The van der Waals surface area contributed by atoms with E-state index in [0.717, 1.165) is 89.6 Å². The van der Waals surface area contributed by atoms with Crippen LogP contribution in [0.4, 0.5) is 11.4 Å². The minimum atomic E-state index is -0.715. The number of aromatic nitrogens is 2. The summed E-state index contributed by atoms with van der Waals surface area (Å²) in [6.45, 7) is 10.4. The molecule has 1 unspecified atom stereocenters. The number of imide groups is 1. The molecule has 3 amide bonds. The number of hydrogen-bond acceptors (Lipinski definition) is 9. The molecule has 0 bridgehead atoms. The number of aryl methyl sites for hydroxylation is 2. The number of hydrogen-bond donors (Lipinski definition) is 4. The summed E-state index contributed by atoms with van der Waals surface area (Å²) in [7, 11) is 1.72. The zero-order chi connectivity index (χ0) is 40.5. The van der Waals surface area contributed by atoms with E-state index in [1.54, 1.807) is 23.0 Å². The van der Waals surface area contributed by atoms with Crippen LogP contribution in [-0.4, -0.2) is 70.6 Å². The largest absolute Gasteiger partial charge is 0.380 e. The highest BCUT2D eigenvalue weighted by Crippen LogP contribution is 2.32. The zero-order valence-electron chi connectivity index (χ0n) is 33.4. The standard InChI is InChI=1S/C45H50N8O4S/c1-5-52(35-14-15-38-40(25-35)50(4)45(57)53(38)39-16-17-42(54)49-44(39)56)51-20-18-30(19-21-51)9-10-31-11-12-32(23-37(31)41-7-6-22-58-41)29(3)47-43(55)36-24-33(13-8-28(36)2)48-34-26-46-27-34/h6-8,11-15,22-25,29-30,34,39,46,48H,5,16-21,26-27H2,1-4H3,(H,47,55)(H,49,54,56)/t29-,39?/m1/s1. The second kappa shape index (κ2) is 16.7. The molecule has 12 nitrogen and oxygen atoms in total. The summed E-state index contributed by atoms with van der Waals surface area (Å²) in [4.78, 5) is 52.5. The van der Waals surface area contributed by atoms with Gasteiger partial charge in [-0.05, 0) is 105 Å². The van der Waals surface area contributed by atoms with Crippen LogP contribution in [-0.2, 0) is 16.6 Å². The van der Waals surface area contributed by atoms with Gasteiger partial charge in [0.05, 0.1) is 28.8 Å². The van der Waals surface area contributed by atoms with Crippen molar-refractivity contribution in [1.29, 1.82) is 0 Å². The first kappa shape index (κ1) is 39.2. The smallest absolute Gasteiger partial charge is 0.329 e. The van der Waals surface area contributed by atoms with Crippen molar-refractivity contribution in [3.05, 3.63) is 105 Å². The van der Waals surface area contributed by atoms with Gasteiger partial charge in [-0.25, -0.2) is 9.80 Å². The van der Waals surface area contributed by atoms with Crippen molar-refractivity contribution in [2.24, 2.45) is 13.0 Å². The number of imidazole rings is 1. The van der Waals surface area contributed by atoms with Crippen molar-refractivity contribution in [2.75, 3.05) is 43.0 Å². The minimum absolute atomic E-state index is 0.0926. The van der Waals surface area contributed by atoms with Crippen molar-refractivity contribution >= 4 is 51.5 Å². The van der Waals surface area contributed by atoms with E-state index in [0.29, 0.717) is 23.5 Å². The van der Waals surface area contributed by atoms with Gasteiger partial charge in [-0.3, -0.25) is 28.8 Å². The first-order valence-corrected chi connectivity index (χ1v) is 21.1. The molecule has 300 valence electrons. The molecular formula is C45H50N8O4S. The molecule has 3 aliphatic heterocycles. The lowest BCUT2D eigenvalue weighted by molar-refractivity contribution is -0.135. The van der Waals surface area contributed by atoms with Crippen LogP contribution in [0.25, 0.3) is 21.5 Å². The van der Waals surface area contributed by atoms with E-state index in [4.69, 9.17) is 0 Å². The van der Waals surface area contributed by atoms with E-state index >= 15 is 0 Å². The molecule has 58 heavy (non-hydrogen) atoms. The molecule has 3 saturated heterocycles. The van der Waals surface area contributed by atoms with Crippen molar-refractivity contribution in [3.8, 4) is 22.3 Å². The molecule has 0 saturated carbocycles. The van der Waals surface area contributed by atoms with Crippen LogP contribution in [0.5, 0.6) is 0 Å². The van der Waals surface area contributed by atoms with Gasteiger partial charge in [-0.1, -0.05) is 30.0 Å². The van der Waals surface area contributed by atoms with E-state index < -0.39 is 11.9 Å². The van der Waals surface area contributed by atoms with Crippen LogP contribution >= 0.6 is 11.3 Å². The summed E-state index contributed by atoms with van der Waals surface area (Å²) in [5.74, 6) is 6.55. The SMILES string of the molecule is CCN(c1ccc2c(c1)n(C)c(=O)n2C1CCC(=O)NC1=O)N1CCC(C#Cc2ccc([C@@H](C)NC(=O)c3cc(NC4CNC4)ccc3C)cc2-c2cccs2)CC1. The summed E-state index contributed by atoms with van der Waals surface area (Å²) in [5.41, 5.74) is 7.76. The predicted octanol–water partition coefficient (Wildman–Crippen LogP) is 5.73. The summed E-state index contributed by atoms with van der Waals surface area (Å²) in [6.07, 6.45) is 2.34. The van der Waals surface area contributed by atoms with Gasteiger partial charge >= 0.3 is 5.69 Å². The summed E-state index contributed by atoms with van der Waals surface area (Å²) >= 11 is 1.68. The number of nitrogens with one attached hydrogen (secondary N) is 4. The average Bonchev–Trinajstić information content (AvgIpc) is 3.83. The van der Waals surface area contributed by atoms with Crippen LogP contribution in [0.15, 0.2) is 76.9 Å². The lowest BCUT2D eigenvalue weighted by Gasteiger charge is -2.39. The summed E-state index contributed by atoms with van der Waals surface area (Å²) < 4.78 is 3.10. The number of thiophene rings is 1. The van der Waals surface area contributed by atoms with Crippen molar-refractivity contribution < 1.29 is 14.4 Å². The molecule has 0 spiro atoms. The Hall–Kier alpha value is -5.68. The van der Waals surface area contributed by atoms with Gasteiger partial charge in [0, 0.05) is 79.4 Å². The van der Waals surface area contributed by atoms with Crippen LogP contribution in [0.2, 0.25) is 0 Å². The predicted molar refractivity (Wildman–Crippen MR) is 230 cm³/mol. The van der Waals surface area contributed by atoms with Crippen LogP contribution in [0.3, 0.4) is 0 Å². The highest BCUT2D eigenvalue weighted by Gasteiger charge is 2.32. The molecule has 5 aromatic rings. The Balaban J connectivity index is 0.944. The third-order valence-electron chi connectivity index (χ3n) is 11.7. The molecule has 3 aromatic carbocycles. The highest BCUT2D eigenvalue weighted by atomic mass is 32.1. The van der Waals surface area contributed by atoms with E-state index in [1.807, 2.05) is 50.2 Å². The third kappa shape index (κ3) is 7.92. The topological polar surface area (TPSA) is 133 Å². The first-order valence-electron chi connectivity index (χ1n) is 20.2. The number of hydrazine groups is 1. The van der Waals surface area contributed by atoms with Gasteiger partial charge in [0.2, 0.25) is 11.8 Å². The zero-order valence-corrected chi connectivity index (χ0v) is 34.2. The number of nitrogens with zero attached hydrogens (tertiary/aromatic N) is 4. The Morgan fingerprint density at radius 1 is 1.00 bits per heavy atom. The molecule has 0 aliphatic carbocycles. The van der Waals surface area contributed by atoms with Crippen LogP contribution in [0.1, 0.15) is 78.7 Å². The quantitative estimate of drug-likeness (QED) is 0.104. The van der Waals surface area contributed by atoms with Crippen molar-refractivity contribution in [3.63, 3.8) is 0 Å². The van der Waals surface area contributed by atoms with Crippen LogP contribution in [0, 0.1) is 24.7 Å². The number of carbonyl (C=O) groups excluding carboxylic acids is 3. The van der Waals surface area contributed by atoms with Gasteiger partial charge < -0.3 is 21.0 Å². The van der Waals surface area contributed by atoms with Crippen LogP contribution < -0.4 is 32.0 Å². The number of carbonyl (C=O) groups is 3. The van der Waals surface area contributed by atoms with Gasteiger partial charge in [0.1, 0.15) is 6.04 Å². The Kier molecular flexibility index (Phi) is 11.2. The van der Waals surface area contributed by atoms with Crippen molar-refractivity contribution in [2.45, 2.75) is 64.6 Å². The summed E-state index contributed by atoms with van der Waals surface area (Å²) in [6, 6.07) is 21.9. The van der Waals surface area contributed by atoms with Gasteiger partial charge in [0.25, 0.3) is 5.91 Å². The van der Waals surface area contributed by atoms with Gasteiger partial charge in [0.15, 0.2) is 0 Å². The molecule has 3 fully saturated rings. The molecule has 2 atom stereocenters. The molecular weight excluding hydrogens is 749 g/mol. The molecule has 0 radical (unpaired) electrons. The van der Waals surface area contributed by atoms with Gasteiger partial charge in [-0.15, -0.1) is 11.3 Å². The Morgan fingerprint density at radius 3 is 2.52 bits per heavy atom. The minimum Gasteiger partial charge on any atom is -0.380 e. The maximum Gasteiger partial charge on any atom is 0.329 e. The number of piperidine rings is 2.